The van der Waals surface area contributed by atoms with Crippen molar-refractivity contribution in [1.82, 2.24) is 9.97 Å². The Morgan fingerprint density at radius 2 is 2.20 bits per heavy atom. The van der Waals surface area contributed by atoms with Crippen LogP contribution < -0.4 is 4.90 Å². The molecule has 0 bridgehead atoms. The third-order valence-electron chi connectivity index (χ3n) is 3.06. The van der Waals surface area contributed by atoms with Gasteiger partial charge in [-0.25, -0.2) is 4.98 Å². The van der Waals surface area contributed by atoms with Crippen LogP contribution in [0.3, 0.4) is 0 Å². The molecule has 0 radical (unpaired) electrons. The second-order valence-corrected chi connectivity index (χ2v) is 4.20. The van der Waals surface area contributed by atoms with Gasteiger partial charge in [0.2, 0.25) is 0 Å². The lowest BCUT2D eigenvalue weighted by Gasteiger charge is -2.19. The first-order valence-corrected chi connectivity index (χ1v) is 5.39. The average molecular weight is 207 g/mol. The van der Waals surface area contributed by atoms with Gasteiger partial charge in [0.25, 0.3) is 0 Å². The number of aryl methyl sites for hydroxylation is 1. The molecule has 1 saturated heterocycles. The molecule has 2 heterocycles. The third-order valence-corrected chi connectivity index (χ3v) is 3.06. The van der Waals surface area contributed by atoms with Crippen molar-refractivity contribution in [3.8, 4) is 0 Å². The van der Waals surface area contributed by atoms with Crippen LogP contribution in [0.15, 0.2) is 12.4 Å². The Hall–Kier alpha value is -1.16. The molecular formula is C11H17N3O. The van der Waals surface area contributed by atoms with Crippen molar-refractivity contribution >= 4 is 5.82 Å². The topological polar surface area (TPSA) is 49.2 Å². The molecule has 0 spiro atoms. The maximum absolute atomic E-state index is 9.52. The first kappa shape index (κ1) is 10.4. The molecule has 2 atom stereocenters. The van der Waals surface area contributed by atoms with Gasteiger partial charge in [0, 0.05) is 31.4 Å². The van der Waals surface area contributed by atoms with Crippen LogP contribution in [0.1, 0.15) is 19.0 Å². The molecule has 1 aromatic heterocycles. The van der Waals surface area contributed by atoms with Crippen LogP contribution in [-0.2, 0) is 0 Å². The minimum Gasteiger partial charge on any atom is -0.393 e. The lowest BCUT2D eigenvalue weighted by molar-refractivity contribution is 0.136. The SMILES string of the molecule is Cc1nccnc1N1CCC(C(C)O)C1. The summed E-state index contributed by atoms with van der Waals surface area (Å²) >= 11 is 0. The number of anilines is 1. The number of hydrogen-bond acceptors (Lipinski definition) is 4. The number of hydrogen-bond donors (Lipinski definition) is 1. The van der Waals surface area contributed by atoms with Gasteiger partial charge in [-0.3, -0.25) is 4.98 Å². The molecule has 1 aliphatic rings. The second kappa shape index (κ2) is 4.14. The Balaban J connectivity index is 2.11. The van der Waals surface area contributed by atoms with Crippen molar-refractivity contribution in [2.75, 3.05) is 18.0 Å². The Labute approximate surface area is 90.0 Å². The van der Waals surface area contributed by atoms with Gasteiger partial charge >= 0.3 is 0 Å². The summed E-state index contributed by atoms with van der Waals surface area (Å²) < 4.78 is 0. The number of nitrogens with zero attached hydrogens (tertiary/aromatic N) is 3. The summed E-state index contributed by atoms with van der Waals surface area (Å²) in [4.78, 5) is 10.8. The van der Waals surface area contributed by atoms with Crippen LogP contribution in [-0.4, -0.2) is 34.3 Å². The smallest absolute Gasteiger partial charge is 0.150 e. The van der Waals surface area contributed by atoms with E-state index in [0.29, 0.717) is 5.92 Å². The summed E-state index contributed by atoms with van der Waals surface area (Å²) in [5.74, 6) is 1.33. The molecule has 1 aliphatic heterocycles. The summed E-state index contributed by atoms with van der Waals surface area (Å²) in [6.07, 6.45) is 4.24. The van der Waals surface area contributed by atoms with Gasteiger partial charge in [-0.15, -0.1) is 0 Å². The monoisotopic (exact) mass is 207 g/mol. The van der Waals surface area contributed by atoms with Crippen molar-refractivity contribution in [3.05, 3.63) is 18.1 Å². The van der Waals surface area contributed by atoms with E-state index >= 15 is 0 Å². The molecule has 4 nitrogen and oxygen atoms in total. The molecule has 1 fully saturated rings. The van der Waals surface area contributed by atoms with Gasteiger partial charge in [0.15, 0.2) is 0 Å². The fraction of sp³-hybridized carbons (Fsp3) is 0.636. The summed E-state index contributed by atoms with van der Waals surface area (Å²) in [6.45, 7) is 5.68. The van der Waals surface area contributed by atoms with E-state index in [0.717, 1.165) is 31.0 Å². The molecule has 0 aliphatic carbocycles. The molecule has 2 rings (SSSR count). The van der Waals surface area contributed by atoms with Crippen molar-refractivity contribution in [2.45, 2.75) is 26.4 Å². The quantitative estimate of drug-likeness (QED) is 0.785. The molecule has 82 valence electrons. The highest BCUT2D eigenvalue weighted by Gasteiger charge is 2.27. The van der Waals surface area contributed by atoms with Gasteiger partial charge in [-0.1, -0.05) is 0 Å². The minimum atomic E-state index is -0.230. The van der Waals surface area contributed by atoms with E-state index in [4.69, 9.17) is 0 Å². The zero-order chi connectivity index (χ0) is 10.8. The minimum absolute atomic E-state index is 0.230. The number of aliphatic hydroxyl groups is 1. The normalized spacial score (nSPS) is 23.1. The van der Waals surface area contributed by atoms with E-state index in [-0.39, 0.29) is 6.10 Å². The Morgan fingerprint density at radius 1 is 1.47 bits per heavy atom. The van der Waals surface area contributed by atoms with E-state index in [1.807, 2.05) is 13.8 Å². The lowest BCUT2D eigenvalue weighted by atomic mass is 10.0. The summed E-state index contributed by atoms with van der Waals surface area (Å²) in [6, 6.07) is 0. The van der Waals surface area contributed by atoms with Crippen LogP contribution >= 0.6 is 0 Å². The molecule has 15 heavy (non-hydrogen) atoms. The van der Waals surface area contributed by atoms with Crippen molar-refractivity contribution in [3.63, 3.8) is 0 Å². The lowest BCUT2D eigenvalue weighted by Crippen LogP contribution is -2.25. The predicted octanol–water partition coefficient (Wildman–Crippen LogP) is 0.992. The molecule has 2 unspecified atom stereocenters. The largest absolute Gasteiger partial charge is 0.393 e. The highest BCUT2D eigenvalue weighted by Crippen LogP contribution is 2.25. The molecule has 4 heteroatoms. The maximum Gasteiger partial charge on any atom is 0.150 e. The Morgan fingerprint density at radius 3 is 2.80 bits per heavy atom. The van der Waals surface area contributed by atoms with Gasteiger partial charge in [0.05, 0.1) is 11.8 Å². The molecular weight excluding hydrogens is 190 g/mol. The van der Waals surface area contributed by atoms with Gasteiger partial charge in [-0.05, 0) is 20.3 Å². The van der Waals surface area contributed by atoms with Crippen molar-refractivity contribution in [1.29, 1.82) is 0 Å². The zero-order valence-electron chi connectivity index (χ0n) is 9.22. The first-order valence-electron chi connectivity index (χ1n) is 5.39. The Kier molecular flexibility index (Phi) is 2.86. The van der Waals surface area contributed by atoms with Gasteiger partial charge in [-0.2, -0.15) is 0 Å². The van der Waals surface area contributed by atoms with Gasteiger partial charge < -0.3 is 10.0 Å². The standard InChI is InChI=1S/C11H17N3O/c1-8-11(13-5-4-12-8)14-6-3-10(7-14)9(2)15/h4-5,9-10,15H,3,6-7H2,1-2H3. The van der Waals surface area contributed by atoms with Crippen LogP contribution in [0.2, 0.25) is 0 Å². The first-order chi connectivity index (χ1) is 7.18. The van der Waals surface area contributed by atoms with E-state index in [2.05, 4.69) is 14.9 Å². The van der Waals surface area contributed by atoms with E-state index in [1.54, 1.807) is 12.4 Å². The van der Waals surface area contributed by atoms with Crippen molar-refractivity contribution < 1.29 is 5.11 Å². The van der Waals surface area contributed by atoms with Crippen LogP contribution in [0.5, 0.6) is 0 Å². The number of aromatic nitrogens is 2. The average Bonchev–Trinajstić information content (AvgIpc) is 2.67. The van der Waals surface area contributed by atoms with Crippen LogP contribution in [0, 0.1) is 12.8 Å². The summed E-state index contributed by atoms with van der Waals surface area (Å²) in [7, 11) is 0. The highest BCUT2D eigenvalue weighted by molar-refractivity contribution is 5.43. The summed E-state index contributed by atoms with van der Waals surface area (Å²) in [5.41, 5.74) is 0.962. The molecule has 1 N–H and O–H groups in total. The second-order valence-electron chi connectivity index (χ2n) is 4.20. The molecule has 0 aromatic carbocycles. The molecule has 0 amide bonds. The fourth-order valence-electron chi connectivity index (χ4n) is 2.08. The van der Waals surface area contributed by atoms with Crippen LogP contribution in [0.25, 0.3) is 0 Å². The predicted molar refractivity (Wildman–Crippen MR) is 58.8 cm³/mol. The van der Waals surface area contributed by atoms with E-state index in [9.17, 15) is 5.11 Å². The van der Waals surface area contributed by atoms with E-state index < -0.39 is 0 Å². The fourth-order valence-corrected chi connectivity index (χ4v) is 2.08. The molecule has 0 saturated carbocycles. The summed E-state index contributed by atoms with van der Waals surface area (Å²) in [5, 5.41) is 9.52. The molecule has 1 aromatic rings. The zero-order valence-corrected chi connectivity index (χ0v) is 9.22. The number of rotatable bonds is 2. The highest BCUT2D eigenvalue weighted by atomic mass is 16.3. The maximum atomic E-state index is 9.52. The third kappa shape index (κ3) is 2.09. The van der Waals surface area contributed by atoms with Crippen LogP contribution in [0.4, 0.5) is 5.82 Å². The number of aliphatic hydroxyl groups excluding tert-OH is 1. The van der Waals surface area contributed by atoms with Crippen molar-refractivity contribution in [2.24, 2.45) is 5.92 Å². The Bertz CT molecular complexity index is 340. The van der Waals surface area contributed by atoms with E-state index in [1.165, 1.54) is 0 Å². The van der Waals surface area contributed by atoms with Gasteiger partial charge in [0.1, 0.15) is 5.82 Å².